The number of rotatable bonds is 7. The summed E-state index contributed by atoms with van der Waals surface area (Å²) in [6.45, 7) is 2.45. The van der Waals surface area contributed by atoms with Crippen LogP contribution in [0.2, 0.25) is 0 Å². The Labute approximate surface area is 221 Å². The highest BCUT2D eigenvalue weighted by atomic mass is 32.1. The Morgan fingerprint density at radius 3 is 2.73 bits per heavy atom. The van der Waals surface area contributed by atoms with Gasteiger partial charge in [-0.05, 0) is 30.4 Å². The highest BCUT2D eigenvalue weighted by Gasteiger charge is 2.36. The minimum atomic E-state index is -1.03. The first-order valence-electron chi connectivity index (χ1n) is 11.7. The van der Waals surface area contributed by atoms with Crippen LogP contribution in [0, 0.1) is 0 Å². The third-order valence-electron chi connectivity index (χ3n) is 6.29. The van der Waals surface area contributed by atoms with E-state index in [1.165, 1.54) is 18.3 Å². The summed E-state index contributed by atoms with van der Waals surface area (Å²) < 4.78 is 6.85. The lowest BCUT2D eigenvalue weighted by molar-refractivity contribution is -0.114. The molecule has 0 saturated carbocycles. The zero-order valence-corrected chi connectivity index (χ0v) is 22.0. The number of thiophene rings is 2. The Hall–Kier alpha value is -3.61. The van der Waals surface area contributed by atoms with E-state index in [9.17, 15) is 14.7 Å². The Balaban J connectivity index is 1.28. The molecular weight excluding hydrogens is 512 g/mol. The van der Waals surface area contributed by atoms with Gasteiger partial charge in [-0.2, -0.15) is 0 Å². The van der Waals surface area contributed by atoms with Gasteiger partial charge in [-0.15, -0.1) is 27.8 Å². The predicted molar refractivity (Wildman–Crippen MR) is 142 cm³/mol. The van der Waals surface area contributed by atoms with Crippen molar-refractivity contribution in [3.05, 3.63) is 53.0 Å². The third kappa shape index (κ3) is 5.41. The number of hydrogen-bond acceptors (Lipinski definition) is 9. The van der Waals surface area contributed by atoms with E-state index in [0.717, 1.165) is 10.4 Å². The maximum absolute atomic E-state index is 13.6. The molecule has 5 heterocycles. The number of likely N-dealkylation sites (tertiary alicyclic amines) is 1. The van der Waals surface area contributed by atoms with Crippen molar-refractivity contribution in [1.29, 1.82) is 0 Å². The first-order valence-corrected chi connectivity index (χ1v) is 13.5. The number of anilines is 1. The molecule has 0 unspecified atom stereocenters. The van der Waals surface area contributed by atoms with Crippen molar-refractivity contribution in [3.63, 3.8) is 0 Å². The molecule has 2 amide bonds. The molecule has 37 heavy (non-hydrogen) atoms. The third-order valence-corrected chi connectivity index (χ3v) is 8.09. The van der Waals surface area contributed by atoms with Crippen LogP contribution in [0.3, 0.4) is 0 Å². The molecule has 10 nitrogen and oxygen atoms in total. The first kappa shape index (κ1) is 25.1. The van der Waals surface area contributed by atoms with E-state index < -0.39 is 5.60 Å². The fraction of sp³-hybridized carbons (Fsp3) is 0.320. The molecule has 0 spiro atoms. The standard InChI is InChI=1S/C25H26N6O4S2/c1-16(32)27-23-22(18(14-37-23)21-4-3-11-36-21)24(33)30-9-6-25(34,7-10-30)15-31-13-20(28-29-31)19-12-17(35-2)5-8-26-19/h3-5,8,11-14,34H,6-7,9-10,15H2,1-2H3,(H,27,32). The van der Waals surface area contributed by atoms with Crippen LogP contribution in [-0.2, 0) is 11.3 Å². The number of hydrogen-bond donors (Lipinski definition) is 2. The van der Waals surface area contributed by atoms with E-state index in [0.29, 0.717) is 53.6 Å². The summed E-state index contributed by atoms with van der Waals surface area (Å²) in [7, 11) is 1.59. The Morgan fingerprint density at radius 2 is 2.03 bits per heavy atom. The minimum absolute atomic E-state index is 0.150. The normalized spacial score (nSPS) is 14.9. The summed E-state index contributed by atoms with van der Waals surface area (Å²) in [5.41, 5.74) is 1.50. The van der Waals surface area contributed by atoms with Gasteiger partial charge in [-0.3, -0.25) is 14.6 Å². The average molecular weight is 539 g/mol. The lowest BCUT2D eigenvalue weighted by Crippen LogP contribution is -2.48. The van der Waals surface area contributed by atoms with Gasteiger partial charge in [0, 0.05) is 48.1 Å². The van der Waals surface area contributed by atoms with Crippen LogP contribution in [0.15, 0.2) is 47.4 Å². The summed E-state index contributed by atoms with van der Waals surface area (Å²) in [5, 5.41) is 26.9. The van der Waals surface area contributed by atoms with Crippen molar-refractivity contribution < 1.29 is 19.4 Å². The molecule has 0 aliphatic carbocycles. The first-order chi connectivity index (χ1) is 17.8. The number of amides is 2. The quantitative estimate of drug-likeness (QED) is 0.367. The predicted octanol–water partition coefficient (Wildman–Crippen LogP) is 3.76. The Kier molecular flexibility index (Phi) is 7.04. The lowest BCUT2D eigenvalue weighted by Gasteiger charge is -2.38. The molecule has 4 aromatic heterocycles. The van der Waals surface area contributed by atoms with Gasteiger partial charge in [0.15, 0.2) is 0 Å². The van der Waals surface area contributed by atoms with Crippen molar-refractivity contribution >= 4 is 39.5 Å². The molecule has 1 aliphatic heterocycles. The maximum Gasteiger partial charge on any atom is 0.257 e. The molecule has 12 heteroatoms. The smallest absolute Gasteiger partial charge is 0.257 e. The molecule has 2 N–H and O–H groups in total. The molecule has 0 aromatic carbocycles. The van der Waals surface area contributed by atoms with Crippen LogP contribution in [-0.4, -0.2) is 67.6 Å². The minimum Gasteiger partial charge on any atom is -0.497 e. The number of nitrogens with zero attached hydrogens (tertiary/aromatic N) is 5. The monoisotopic (exact) mass is 538 g/mol. The van der Waals surface area contributed by atoms with Gasteiger partial charge in [0.1, 0.15) is 16.4 Å². The number of methoxy groups -OCH3 is 1. The Morgan fingerprint density at radius 1 is 1.22 bits per heavy atom. The van der Waals surface area contributed by atoms with Gasteiger partial charge < -0.3 is 20.1 Å². The zero-order valence-electron chi connectivity index (χ0n) is 20.4. The van der Waals surface area contributed by atoms with Gasteiger partial charge in [0.05, 0.1) is 36.7 Å². The van der Waals surface area contributed by atoms with Crippen molar-refractivity contribution in [2.75, 3.05) is 25.5 Å². The van der Waals surface area contributed by atoms with Crippen molar-refractivity contribution in [1.82, 2.24) is 24.9 Å². The topological polar surface area (TPSA) is 122 Å². The number of aromatic nitrogens is 4. The van der Waals surface area contributed by atoms with Crippen molar-refractivity contribution in [2.24, 2.45) is 0 Å². The second kappa shape index (κ2) is 10.4. The van der Waals surface area contributed by atoms with Gasteiger partial charge >= 0.3 is 0 Å². The average Bonchev–Trinajstić information content (AvgIpc) is 3.65. The second-order valence-electron chi connectivity index (χ2n) is 8.91. The summed E-state index contributed by atoms with van der Waals surface area (Å²) >= 11 is 2.89. The number of carbonyl (C=O) groups is 2. The molecule has 4 aromatic rings. The molecule has 5 rings (SSSR count). The van der Waals surface area contributed by atoms with Crippen LogP contribution in [0.1, 0.15) is 30.1 Å². The van der Waals surface area contributed by atoms with Crippen LogP contribution < -0.4 is 10.1 Å². The van der Waals surface area contributed by atoms with Gasteiger partial charge in [-0.25, -0.2) is 4.68 Å². The molecule has 0 atom stereocenters. The fourth-order valence-corrected chi connectivity index (χ4v) is 6.17. The lowest BCUT2D eigenvalue weighted by atomic mass is 9.91. The van der Waals surface area contributed by atoms with Crippen molar-refractivity contribution in [3.8, 4) is 27.6 Å². The van der Waals surface area contributed by atoms with Gasteiger partial charge in [-0.1, -0.05) is 11.3 Å². The number of carbonyl (C=O) groups excluding carboxylic acids is 2. The SMILES string of the molecule is COc1ccnc(-c2cn(CC3(O)CCN(C(=O)c4c(-c5cccs5)csc4NC(C)=O)CC3)nn2)c1. The number of nitrogens with one attached hydrogen (secondary N) is 1. The van der Waals surface area contributed by atoms with E-state index in [1.54, 1.807) is 52.6 Å². The van der Waals surface area contributed by atoms with E-state index in [-0.39, 0.29) is 18.4 Å². The molecule has 1 aliphatic rings. The summed E-state index contributed by atoms with van der Waals surface area (Å²) in [4.78, 5) is 32.4. The summed E-state index contributed by atoms with van der Waals surface area (Å²) in [6.07, 6.45) is 4.16. The largest absolute Gasteiger partial charge is 0.497 e. The van der Waals surface area contributed by atoms with Crippen molar-refractivity contribution in [2.45, 2.75) is 31.9 Å². The van der Waals surface area contributed by atoms with Gasteiger partial charge in [0.2, 0.25) is 5.91 Å². The van der Waals surface area contributed by atoms with E-state index >= 15 is 0 Å². The maximum atomic E-state index is 13.6. The molecule has 1 fully saturated rings. The number of aliphatic hydroxyl groups is 1. The van der Waals surface area contributed by atoms with E-state index in [2.05, 4.69) is 20.6 Å². The zero-order chi connectivity index (χ0) is 26.0. The summed E-state index contributed by atoms with van der Waals surface area (Å²) in [6, 6.07) is 7.43. The summed E-state index contributed by atoms with van der Waals surface area (Å²) in [5.74, 6) is 0.297. The second-order valence-corrected chi connectivity index (χ2v) is 10.7. The van der Waals surface area contributed by atoms with Gasteiger partial charge in [0.25, 0.3) is 5.91 Å². The van der Waals surface area contributed by atoms with Crippen LogP contribution in [0.5, 0.6) is 5.75 Å². The van der Waals surface area contributed by atoms with E-state index in [1.807, 2.05) is 22.9 Å². The molecule has 1 saturated heterocycles. The molecule has 0 radical (unpaired) electrons. The number of ether oxygens (including phenoxy) is 1. The molecule has 0 bridgehead atoms. The fourth-order valence-electron chi connectivity index (χ4n) is 4.35. The highest BCUT2D eigenvalue weighted by Crippen LogP contribution is 2.39. The molecule has 192 valence electrons. The van der Waals surface area contributed by atoms with Crippen LogP contribution in [0.4, 0.5) is 5.00 Å². The van der Waals surface area contributed by atoms with Crippen LogP contribution in [0.25, 0.3) is 21.8 Å². The highest BCUT2D eigenvalue weighted by molar-refractivity contribution is 7.17. The van der Waals surface area contributed by atoms with E-state index in [4.69, 9.17) is 4.74 Å². The molecular formula is C25H26N6O4S2. The number of piperidine rings is 1. The number of pyridine rings is 1. The van der Waals surface area contributed by atoms with Crippen LogP contribution >= 0.6 is 22.7 Å². The Bertz CT molecular complexity index is 1410.